The molecular formula is C34H52P2Si4. The van der Waals surface area contributed by atoms with Crippen LogP contribution in [0.2, 0.25) is 78.6 Å². The number of hydrogen-bond donors (Lipinski definition) is 0. The second kappa shape index (κ2) is 13.2. The molecule has 0 N–H and O–H groups in total. The third-order valence-corrected chi connectivity index (χ3v) is 22.7. The molecule has 0 aromatic rings. The molecular weight excluding hydrogens is 583 g/mol. The second-order valence-electron chi connectivity index (χ2n) is 15.6. The zero-order valence-corrected chi connectivity index (χ0v) is 33.0. The van der Waals surface area contributed by atoms with Crippen LogP contribution in [0.25, 0.3) is 0 Å². The maximum absolute atomic E-state index is 2.53. The Morgan fingerprint density at radius 2 is 0.550 bits per heavy atom. The maximum atomic E-state index is 2.53. The molecule has 6 heteroatoms. The van der Waals surface area contributed by atoms with Crippen molar-refractivity contribution in [2.24, 2.45) is 0 Å². The first-order valence-corrected chi connectivity index (χ1v) is 32.1. The highest BCUT2D eigenvalue weighted by molar-refractivity contribution is 7.69. The Hall–Kier alpha value is 1.73. The lowest BCUT2D eigenvalue weighted by atomic mass is 10.3. The Morgan fingerprint density at radius 3 is 0.725 bits per heavy atom. The van der Waals surface area contributed by atoms with Gasteiger partial charge in [0.05, 0.1) is 32.3 Å². The second-order valence-corrected chi connectivity index (χ2v) is 40.3. The monoisotopic (exact) mass is 634 g/mol. The predicted octanol–water partition coefficient (Wildman–Crippen LogP) is 10.4. The van der Waals surface area contributed by atoms with Crippen LogP contribution in [0.5, 0.6) is 0 Å². The number of hydrogen-bond acceptors (Lipinski definition) is 0. The highest BCUT2D eigenvalue weighted by atomic mass is 31.1. The van der Waals surface area contributed by atoms with Crippen molar-refractivity contribution < 1.29 is 0 Å². The van der Waals surface area contributed by atoms with E-state index in [4.69, 9.17) is 0 Å². The summed E-state index contributed by atoms with van der Waals surface area (Å²) in [6.07, 6.45) is 31.9. The van der Waals surface area contributed by atoms with E-state index in [-0.39, 0.29) is 0 Å². The zero-order chi connectivity index (χ0) is 29.7. The molecule has 4 aliphatic carbocycles. The van der Waals surface area contributed by atoms with Crippen LogP contribution < -0.4 is 0 Å². The van der Waals surface area contributed by atoms with Crippen LogP contribution >= 0.6 is 15.8 Å². The molecule has 0 aromatic carbocycles. The van der Waals surface area contributed by atoms with E-state index in [1.807, 2.05) is 0 Å². The maximum Gasteiger partial charge on any atom is 0.0525 e. The SMILES string of the molecule is C[Si](C)(C)[C]1[CH][CH][CH][C]1P(CCP([C]1[CH][CH][CH][C]1[Si](C)(C)C)[C]1[CH][CH][CH][C]1[Si](C)(C)C)[C]1[CH][CH][CH][C]1[Si](C)(C)C. The molecule has 0 nitrogen and oxygen atoms in total. The van der Waals surface area contributed by atoms with Gasteiger partial charge in [0.2, 0.25) is 0 Å². The summed E-state index contributed by atoms with van der Waals surface area (Å²) in [6, 6.07) is 0. The minimum Gasteiger partial charge on any atom is -0.0905 e. The van der Waals surface area contributed by atoms with Gasteiger partial charge in [0.25, 0.3) is 0 Å². The Morgan fingerprint density at radius 1 is 0.350 bits per heavy atom. The van der Waals surface area contributed by atoms with Crippen molar-refractivity contribution in [1.29, 1.82) is 0 Å². The molecule has 0 spiro atoms. The van der Waals surface area contributed by atoms with Gasteiger partial charge >= 0.3 is 0 Å². The number of rotatable bonds is 11. The van der Waals surface area contributed by atoms with E-state index in [1.54, 1.807) is 44.8 Å². The normalized spacial score (nSPS) is 25.6. The van der Waals surface area contributed by atoms with E-state index in [0.29, 0.717) is 0 Å². The summed E-state index contributed by atoms with van der Waals surface area (Å²) in [5.74, 6) is 0. The quantitative estimate of drug-likeness (QED) is 0.157. The average Bonchev–Trinajstić information content (AvgIpc) is 3.60. The van der Waals surface area contributed by atoms with Gasteiger partial charge in [-0.1, -0.05) is 94.4 Å². The molecule has 4 fully saturated rings. The van der Waals surface area contributed by atoms with E-state index >= 15 is 0 Å². The predicted molar refractivity (Wildman–Crippen MR) is 195 cm³/mol. The van der Waals surface area contributed by atoms with E-state index in [9.17, 15) is 0 Å². The van der Waals surface area contributed by atoms with E-state index in [0.717, 1.165) is 0 Å². The average molecular weight is 635 g/mol. The minimum atomic E-state index is -1.45. The van der Waals surface area contributed by atoms with Crippen LogP contribution in [0.15, 0.2) is 0 Å². The van der Waals surface area contributed by atoms with Gasteiger partial charge in [-0.2, -0.15) is 0 Å². The first-order chi connectivity index (χ1) is 18.4. The van der Waals surface area contributed by atoms with Crippen molar-refractivity contribution in [1.82, 2.24) is 0 Å². The summed E-state index contributed by atoms with van der Waals surface area (Å²) in [7, 11) is -6.60. The Labute approximate surface area is 259 Å². The summed E-state index contributed by atoms with van der Waals surface area (Å²) in [6.45, 7) is 30.4. The van der Waals surface area contributed by atoms with Gasteiger partial charge < -0.3 is 0 Å². The summed E-state index contributed by atoms with van der Waals surface area (Å²) < 4.78 is 0. The lowest BCUT2D eigenvalue weighted by Crippen LogP contribution is -2.37. The third-order valence-electron chi connectivity index (χ3n) is 8.11. The molecule has 40 heavy (non-hydrogen) atoms. The minimum absolute atomic E-state index is 0.398. The fraction of sp³-hybridized carbons (Fsp3) is 0.412. The molecule has 0 heterocycles. The summed E-state index contributed by atoms with van der Waals surface area (Å²) in [4.78, 5) is 0. The fourth-order valence-electron chi connectivity index (χ4n) is 6.06. The zero-order valence-electron chi connectivity index (χ0n) is 27.2. The van der Waals surface area contributed by atoms with Crippen LogP contribution in [0, 0.1) is 122 Å². The van der Waals surface area contributed by atoms with Crippen molar-refractivity contribution in [3.8, 4) is 0 Å². The molecule has 0 atom stereocenters. The fourth-order valence-corrected chi connectivity index (χ4v) is 23.1. The molecule has 0 bridgehead atoms. The van der Waals surface area contributed by atoms with Gasteiger partial charge in [0.15, 0.2) is 0 Å². The van der Waals surface area contributed by atoms with Crippen LogP contribution in [0.3, 0.4) is 0 Å². The van der Waals surface area contributed by atoms with Crippen molar-refractivity contribution in [3.63, 3.8) is 0 Å². The summed E-state index contributed by atoms with van der Waals surface area (Å²) >= 11 is 0. The molecule has 4 aliphatic rings. The summed E-state index contributed by atoms with van der Waals surface area (Å²) in [5, 5.41) is 0. The van der Waals surface area contributed by atoms with Crippen LogP contribution in [0.4, 0.5) is 0 Å². The Kier molecular flexibility index (Phi) is 11.4. The van der Waals surface area contributed by atoms with Gasteiger partial charge in [-0.05, 0) is 112 Å². The lowest BCUT2D eigenvalue weighted by molar-refractivity contribution is 1.26. The summed E-state index contributed by atoms with van der Waals surface area (Å²) in [5.41, 5.74) is 13.5. The van der Waals surface area contributed by atoms with Gasteiger partial charge in [-0.15, -0.1) is 0 Å². The van der Waals surface area contributed by atoms with Gasteiger partial charge in [0.1, 0.15) is 0 Å². The van der Waals surface area contributed by atoms with Crippen molar-refractivity contribution >= 4 is 48.1 Å². The first-order valence-electron chi connectivity index (χ1n) is 15.0. The lowest BCUT2D eigenvalue weighted by Gasteiger charge is -2.45. The van der Waals surface area contributed by atoms with E-state index in [1.165, 1.54) is 12.3 Å². The standard InChI is InChI=1S/C34H52P2Si4/c1-37(2,3)31-21-13-17-27(31)35(28-18-14-22-32(28)38(4,5)6)25-26-36(29-19-15-23-33(29)39(7,8)9)30-20-16-24-34(30)40(10,11)12/h13-24H,25-26H2,1-12H3. The van der Waals surface area contributed by atoms with Crippen molar-refractivity contribution in [2.45, 2.75) is 78.6 Å². The molecule has 0 unspecified atom stereocenters. The van der Waals surface area contributed by atoms with Gasteiger partial charge in [-0.25, -0.2) is 0 Å². The van der Waals surface area contributed by atoms with Gasteiger partial charge in [-0.3, -0.25) is 0 Å². The highest BCUT2D eigenvalue weighted by Crippen LogP contribution is 2.75. The third kappa shape index (κ3) is 7.92. The van der Waals surface area contributed by atoms with Gasteiger partial charge in [0, 0.05) is 22.6 Å². The molecule has 0 aliphatic heterocycles. The van der Waals surface area contributed by atoms with Crippen LogP contribution in [-0.4, -0.2) is 44.6 Å². The molecule has 20 radical (unpaired) electrons. The van der Waals surface area contributed by atoms with Crippen LogP contribution in [0.1, 0.15) is 0 Å². The van der Waals surface area contributed by atoms with E-state index < -0.39 is 48.1 Å². The molecule has 214 valence electrons. The van der Waals surface area contributed by atoms with E-state index in [2.05, 4.69) is 156 Å². The highest BCUT2D eigenvalue weighted by Gasteiger charge is 2.52. The van der Waals surface area contributed by atoms with Crippen LogP contribution in [-0.2, 0) is 0 Å². The smallest absolute Gasteiger partial charge is 0.0525 e. The molecule has 0 saturated heterocycles. The molecule has 0 amide bonds. The first kappa shape index (κ1) is 34.6. The molecule has 4 saturated carbocycles. The van der Waals surface area contributed by atoms with Crippen molar-refractivity contribution in [3.05, 3.63) is 122 Å². The Bertz CT molecular complexity index is 688. The van der Waals surface area contributed by atoms with Crippen molar-refractivity contribution in [2.75, 3.05) is 12.3 Å². The largest absolute Gasteiger partial charge is 0.0905 e. The molecule has 4 rings (SSSR count). The molecule has 0 aromatic heterocycles. The Balaban J connectivity index is 1.67. The topological polar surface area (TPSA) is 0 Å².